The normalized spacial score (nSPS) is 18.0. The summed E-state index contributed by atoms with van der Waals surface area (Å²) in [6, 6.07) is 5.50. The topological polar surface area (TPSA) is 45.6 Å². The molecule has 0 bridgehead atoms. The summed E-state index contributed by atoms with van der Waals surface area (Å²) in [6.45, 7) is 2.83. The molecule has 1 atom stereocenters. The van der Waals surface area contributed by atoms with E-state index in [2.05, 4.69) is 15.6 Å². The van der Waals surface area contributed by atoms with E-state index in [0.717, 1.165) is 17.3 Å². The van der Waals surface area contributed by atoms with Crippen LogP contribution in [-0.2, 0) is 6.54 Å². The second-order valence-electron chi connectivity index (χ2n) is 5.18. The molecule has 0 aromatic heterocycles. The minimum absolute atomic E-state index is 0. The summed E-state index contributed by atoms with van der Waals surface area (Å²) in [4.78, 5) is 4.23. The number of ether oxygens (including phenoxy) is 1. The zero-order chi connectivity index (χ0) is 15.8. The summed E-state index contributed by atoms with van der Waals surface area (Å²) in [7, 11) is 1.75. The molecule has 2 N–H and O–H groups in total. The summed E-state index contributed by atoms with van der Waals surface area (Å²) in [5, 5.41) is 6.66. The van der Waals surface area contributed by atoms with Crippen LogP contribution in [0.2, 0.25) is 0 Å². The Morgan fingerprint density at radius 1 is 1.48 bits per heavy atom. The van der Waals surface area contributed by atoms with Crippen molar-refractivity contribution in [2.45, 2.75) is 32.4 Å². The first kappa shape index (κ1) is 20.3. The Morgan fingerprint density at radius 3 is 2.91 bits per heavy atom. The lowest BCUT2D eigenvalue weighted by atomic mass is 10.2. The maximum absolute atomic E-state index is 13.8. The van der Waals surface area contributed by atoms with E-state index < -0.39 is 0 Å². The van der Waals surface area contributed by atoms with Crippen molar-refractivity contribution in [3.8, 4) is 5.75 Å². The molecule has 1 aliphatic heterocycles. The van der Waals surface area contributed by atoms with Crippen molar-refractivity contribution in [2.24, 2.45) is 4.99 Å². The van der Waals surface area contributed by atoms with Gasteiger partial charge in [-0.25, -0.2) is 4.39 Å². The van der Waals surface area contributed by atoms with Crippen LogP contribution in [0.4, 0.5) is 4.39 Å². The Hall–Kier alpha value is -0.700. The largest absolute Gasteiger partial charge is 0.491 e. The standard InChI is InChI=1S/C16H24FN3OS.HI/c1-3-21-15-7-6-12(9-14(15)17)10-19-16(18-2)20-13-5-4-8-22-11-13;/h6-7,9,13H,3-5,8,10-11H2,1-2H3,(H2,18,19,20);1H. The number of benzene rings is 1. The van der Waals surface area contributed by atoms with Crippen molar-refractivity contribution in [3.63, 3.8) is 0 Å². The summed E-state index contributed by atoms with van der Waals surface area (Å²) >= 11 is 1.97. The third-order valence-corrected chi connectivity index (χ3v) is 4.70. The SMILES string of the molecule is CCOc1ccc(CNC(=NC)NC2CCCSC2)cc1F.I. The molecule has 1 saturated heterocycles. The van der Waals surface area contributed by atoms with E-state index in [1.807, 2.05) is 24.8 Å². The van der Waals surface area contributed by atoms with Gasteiger partial charge in [0.05, 0.1) is 6.61 Å². The predicted octanol–water partition coefficient (Wildman–Crippen LogP) is 3.40. The fourth-order valence-corrected chi connectivity index (χ4v) is 3.43. The van der Waals surface area contributed by atoms with Crippen molar-refractivity contribution in [1.29, 1.82) is 0 Å². The van der Waals surface area contributed by atoms with E-state index in [4.69, 9.17) is 4.74 Å². The Morgan fingerprint density at radius 2 is 2.30 bits per heavy atom. The second kappa shape index (κ2) is 11.0. The number of hydrogen-bond acceptors (Lipinski definition) is 3. The van der Waals surface area contributed by atoms with Gasteiger partial charge in [-0.1, -0.05) is 6.07 Å². The monoisotopic (exact) mass is 453 g/mol. The molecular weight excluding hydrogens is 428 g/mol. The van der Waals surface area contributed by atoms with Gasteiger partial charge >= 0.3 is 0 Å². The third kappa shape index (κ3) is 6.74. The lowest BCUT2D eigenvalue weighted by Crippen LogP contribution is -2.45. The first-order valence-electron chi connectivity index (χ1n) is 7.69. The van der Waals surface area contributed by atoms with Crippen LogP contribution < -0.4 is 15.4 Å². The van der Waals surface area contributed by atoms with E-state index in [1.165, 1.54) is 24.7 Å². The number of halogens is 2. The first-order chi connectivity index (χ1) is 10.7. The number of guanidine groups is 1. The van der Waals surface area contributed by atoms with Crippen LogP contribution in [0.1, 0.15) is 25.3 Å². The molecule has 1 aromatic rings. The van der Waals surface area contributed by atoms with Gasteiger partial charge in [-0.3, -0.25) is 4.99 Å². The maximum Gasteiger partial charge on any atom is 0.191 e. The molecule has 0 saturated carbocycles. The van der Waals surface area contributed by atoms with Crippen LogP contribution in [0.15, 0.2) is 23.2 Å². The molecule has 0 aliphatic carbocycles. The zero-order valence-corrected chi connectivity index (χ0v) is 16.7. The van der Waals surface area contributed by atoms with Crippen LogP contribution in [0.5, 0.6) is 5.75 Å². The van der Waals surface area contributed by atoms with Crippen molar-refractivity contribution in [1.82, 2.24) is 10.6 Å². The number of nitrogens with zero attached hydrogens (tertiary/aromatic N) is 1. The summed E-state index contributed by atoms with van der Waals surface area (Å²) in [5.41, 5.74) is 0.863. The minimum atomic E-state index is -0.326. The molecule has 1 aliphatic rings. The predicted molar refractivity (Wildman–Crippen MR) is 107 cm³/mol. The average molecular weight is 453 g/mol. The number of nitrogens with one attached hydrogen (secondary N) is 2. The highest BCUT2D eigenvalue weighted by Crippen LogP contribution is 2.18. The van der Waals surface area contributed by atoms with Crippen molar-refractivity contribution in [2.75, 3.05) is 25.2 Å². The van der Waals surface area contributed by atoms with E-state index in [9.17, 15) is 4.39 Å². The molecule has 23 heavy (non-hydrogen) atoms. The van der Waals surface area contributed by atoms with Crippen molar-refractivity contribution < 1.29 is 9.13 Å². The van der Waals surface area contributed by atoms with E-state index in [-0.39, 0.29) is 29.8 Å². The van der Waals surface area contributed by atoms with Crippen molar-refractivity contribution >= 4 is 41.7 Å². The van der Waals surface area contributed by atoms with Crippen LogP contribution in [0, 0.1) is 5.82 Å². The Labute approximate surface area is 159 Å². The van der Waals surface area contributed by atoms with E-state index >= 15 is 0 Å². The number of hydrogen-bond donors (Lipinski definition) is 2. The molecule has 1 heterocycles. The molecule has 2 rings (SSSR count). The second-order valence-corrected chi connectivity index (χ2v) is 6.33. The quantitative estimate of drug-likeness (QED) is 0.408. The summed E-state index contributed by atoms with van der Waals surface area (Å²) in [6.07, 6.45) is 2.41. The smallest absolute Gasteiger partial charge is 0.191 e. The highest BCUT2D eigenvalue weighted by molar-refractivity contribution is 14.0. The first-order valence-corrected chi connectivity index (χ1v) is 8.84. The number of thioether (sulfide) groups is 1. The molecule has 1 unspecified atom stereocenters. The molecule has 1 fully saturated rings. The lowest BCUT2D eigenvalue weighted by molar-refractivity contribution is 0.321. The fourth-order valence-electron chi connectivity index (χ4n) is 2.36. The van der Waals surface area contributed by atoms with Gasteiger partial charge in [-0.15, -0.1) is 24.0 Å². The van der Waals surface area contributed by atoms with Crippen molar-refractivity contribution in [3.05, 3.63) is 29.6 Å². The van der Waals surface area contributed by atoms with Gasteiger partial charge in [0, 0.05) is 25.4 Å². The molecule has 7 heteroatoms. The Balaban J connectivity index is 0.00000264. The van der Waals surface area contributed by atoms with Gasteiger partial charge < -0.3 is 15.4 Å². The van der Waals surface area contributed by atoms with Gasteiger partial charge in [0.2, 0.25) is 0 Å². The molecule has 0 spiro atoms. The molecule has 130 valence electrons. The van der Waals surface area contributed by atoms with E-state index in [0.29, 0.717) is 24.9 Å². The molecule has 0 amide bonds. The van der Waals surface area contributed by atoms with Gasteiger partial charge in [0.1, 0.15) is 0 Å². The molecule has 0 radical (unpaired) electrons. The maximum atomic E-state index is 13.8. The molecule has 4 nitrogen and oxygen atoms in total. The zero-order valence-electron chi connectivity index (χ0n) is 13.6. The number of aliphatic imine (C=N–C) groups is 1. The highest BCUT2D eigenvalue weighted by atomic mass is 127. The summed E-state index contributed by atoms with van der Waals surface area (Å²) in [5.74, 6) is 3.09. The van der Waals surface area contributed by atoms with Crippen LogP contribution in [0.25, 0.3) is 0 Å². The minimum Gasteiger partial charge on any atom is -0.491 e. The Kier molecular flexibility index (Phi) is 9.69. The van der Waals surface area contributed by atoms with Gasteiger partial charge in [0.15, 0.2) is 17.5 Å². The van der Waals surface area contributed by atoms with Crippen LogP contribution in [-0.4, -0.2) is 37.2 Å². The van der Waals surface area contributed by atoms with Crippen LogP contribution >= 0.6 is 35.7 Å². The molecule has 1 aromatic carbocycles. The van der Waals surface area contributed by atoms with Gasteiger partial charge in [-0.05, 0) is 43.2 Å². The lowest BCUT2D eigenvalue weighted by Gasteiger charge is -2.24. The Bertz CT molecular complexity index is 510. The molecular formula is C16H25FIN3OS. The third-order valence-electron chi connectivity index (χ3n) is 3.48. The highest BCUT2D eigenvalue weighted by Gasteiger charge is 2.14. The number of rotatable bonds is 5. The van der Waals surface area contributed by atoms with Gasteiger partial charge in [0.25, 0.3) is 0 Å². The van der Waals surface area contributed by atoms with E-state index in [1.54, 1.807) is 13.1 Å². The fraction of sp³-hybridized carbons (Fsp3) is 0.562. The average Bonchev–Trinajstić information content (AvgIpc) is 2.55. The van der Waals surface area contributed by atoms with Gasteiger partial charge in [-0.2, -0.15) is 11.8 Å². The van der Waals surface area contributed by atoms with Crippen LogP contribution in [0.3, 0.4) is 0 Å². The summed E-state index contributed by atoms with van der Waals surface area (Å²) < 4.78 is 19.0.